The standard InChI is InChI=1S/C13H17N3O/c1-9(11-4-3-5-12(17)8-11)15-10(2)13-6-7-14-16-13/h3-10,15,17H,1-2H3,(H,14,16). The van der Waals surface area contributed by atoms with E-state index < -0.39 is 0 Å². The number of nitrogens with one attached hydrogen (secondary N) is 2. The molecule has 2 rings (SSSR count). The van der Waals surface area contributed by atoms with Crippen LogP contribution >= 0.6 is 0 Å². The van der Waals surface area contributed by atoms with Gasteiger partial charge in [0.25, 0.3) is 0 Å². The van der Waals surface area contributed by atoms with Crippen molar-refractivity contribution in [2.45, 2.75) is 25.9 Å². The molecule has 17 heavy (non-hydrogen) atoms. The first-order valence-electron chi connectivity index (χ1n) is 5.71. The van der Waals surface area contributed by atoms with Crippen molar-refractivity contribution in [3.05, 3.63) is 47.8 Å². The number of phenolic OH excluding ortho intramolecular Hbond substituents is 1. The van der Waals surface area contributed by atoms with Gasteiger partial charge < -0.3 is 10.4 Å². The maximum atomic E-state index is 9.44. The Labute approximate surface area is 101 Å². The molecule has 2 atom stereocenters. The number of phenols is 1. The Morgan fingerprint density at radius 3 is 2.71 bits per heavy atom. The second kappa shape index (κ2) is 5.01. The highest BCUT2D eigenvalue weighted by Gasteiger charge is 2.12. The van der Waals surface area contributed by atoms with Gasteiger partial charge in [0.1, 0.15) is 5.75 Å². The zero-order valence-corrected chi connectivity index (χ0v) is 10.0. The van der Waals surface area contributed by atoms with Crippen molar-refractivity contribution >= 4 is 0 Å². The van der Waals surface area contributed by atoms with Crippen LogP contribution < -0.4 is 5.32 Å². The van der Waals surface area contributed by atoms with Gasteiger partial charge in [0.2, 0.25) is 0 Å². The Kier molecular flexibility index (Phi) is 3.44. The molecule has 0 bridgehead atoms. The van der Waals surface area contributed by atoms with Crippen LogP contribution in [0.4, 0.5) is 0 Å². The van der Waals surface area contributed by atoms with Crippen LogP contribution in [-0.4, -0.2) is 15.3 Å². The fourth-order valence-electron chi connectivity index (χ4n) is 1.86. The summed E-state index contributed by atoms with van der Waals surface area (Å²) in [6.45, 7) is 4.15. The van der Waals surface area contributed by atoms with Crippen LogP contribution in [-0.2, 0) is 0 Å². The van der Waals surface area contributed by atoms with Crippen LogP contribution in [0.2, 0.25) is 0 Å². The third-order valence-corrected chi connectivity index (χ3v) is 2.86. The summed E-state index contributed by atoms with van der Waals surface area (Å²) in [4.78, 5) is 0. The monoisotopic (exact) mass is 231 g/mol. The van der Waals surface area contributed by atoms with Crippen LogP contribution in [0, 0.1) is 0 Å². The zero-order valence-electron chi connectivity index (χ0n) is 10.0. The molecule has 0 spiro atoms. The van der Waals surface area contributed by atoms with Crippen LogP contribution in [0.25, 0.3) is 0 Å². The summed E-state index contributed by atoms with van der Waals surface area (Å²) in [5.74, 6) is 0.297. The van der Waals surface area contributed by atoms with Gasteiger partial charge in [-0.25, -0.2) is 0 Å². The van der Waals surface area contributed by atoms with Gasteiger partial charge in [0.15, 0.2) is 0 Å². The van der Waals surface area contributed by atoms with Gasteiger partial charge in [-0.05, 0) is 37.6 Å². The van der Waals surface area contributed by atoms with Crippen molar-refractivity contribution < 1.29 is 5.11 Å². The molecule has 1 aromatic carbocycles. The van der Waals surface area contributed by atoms with Crippen LogP contribution in [0.15, 0.2) is 36.5 Å². The molecule has 0 aliphatic rings. The highest BCUT2D eigenvalue weighted by Crippen LogP contribution is 2.20. The molecule has 2 aromatic rings. The van der Waals surface area contributed by atoms with Gasteiger partial charge in [-0.2, -0.15) is 5.10 Å². The number of aromatic hydroxyl groups is 1. The largest absolute Gasteiger partial charge is 0.508 e. The molecule has 3 N–H and O–H groups in total. The van der Waals surface area contributed by atoms with E-state index in [1.54, 1.807) is 18.3 Å². The molecule has 1 aromatic heterocycles. The fourth-order valence-corrected chi connectivity index (χ4v) is 1.86. The van der Waals surface area contributed by atoms with Crippen molar-refractivity contribution in [2.24, 2.45) is 0 Å². The molecule has 0 fully saturated rings. The lowest BCUT2D eigenvalue weighted by Crippen LogP contribution is -2.22. The molecule has 0 radical (unpaired) electrons. The smallest absolute Gasteiger partial charge is 0.115 e. The van der Waals surface area contributed by atoms with E-state index in [9.17, 15) is 5.11 Å². The molecular formula is C13H17N3O. The molecule has 0 aliphatic carbocycles. The first kappa shape index (κ1) is 11.7. The summed E-state index contributed by atoms with van der Waals surface area (Å²) < 4.78 is 0. The van der Waals surface area contributed by atoms with Gasteiger partial charge in [0, 0.05) is 18.3 Å². The Balaban J connectivity index is 2.04. The van der Waals surface area contributed by atoms with E-state index in [4.69, 9.17) is 0 Å². The molecule has 4 nitrogen and oxygen atoms in total. The summed E-state index contributed by atoms with van der Waals surface area (Å²) in [5.41, 5.74) is 2.12. The number of rotatable bonds is 4. The molecule has 0 aliphatic heterocycles. The van der Waals surface area contributed by atoms with E-state index in [-0.39, 0.29) is 12.1 Å². The minimum Gasteiger partial charge on any atom is -0.508 e. The number of aromatic nitrogens is 2. The fraction of sp³-hybridized carbons (Fsp3) is 0.308. The molecule has 0 saturated heterocycles. The van der Waals surface area contributed by atoms with Crippen LogP contribution in [0.3, 0.4) is 0 Å². The predicted octanol–water partition coefficient (Wildman–Crippen LogP) is 2.53. The number of H-pyrrole nitrogens is 1. The third-order valence-electron chi connectivity index (χ3n) is 2.86. The lowest BCUT2D eigenvalue weighted by Gasteiger charge is -2.19. The number of nitrogens with zero attached hydrogens (tertiary/aromatic N) is 1. The molecule has 90 valence electrons. The Morgan fingerprint density at radius 2 is 2.06 bits per heavy atom. The molecule has 0 amide bonds. The normalized spacial score (nSPS) is 14.5. The first-order chi connectivity index (χ1) is 8.16. The van der Waals surface area contributed by atoms with Gasteiger partial charge in [-0.1, -0.05) is 12.1 Å². The topological polar surface area (TPSA) is 60.9 Å². The van der Waals surface area contributed by atoms with E-state index in [1.807, 2.05) is 18.2 Å². The van der Waals surface area contributed by atoms with Gasteiger partial charge >= 0.3 is 0 Å². The second-order valence-electron chi connectivity index (χ2n) is 4.22. The number of aromatic amines is 1. The zero-order chi connectivity index (χ0) is 12.3. The minimum atomic E-state index is 0.167. The maximum absolute atomic E-state index is 9.44. The van der Waals surface area contributed by atoms with Crippen molar-refractivity contribution in [1.29, 1.82) is 0 Å². The Morgan fingerprint density at radius 1 is 1.24 bits per heavy atom. The molecule has 4 heteroatoms. The van der Waals surface area contributed by atoms with Crippen molar-refractivity contribution in [3.8, 4) is 5.75 Å². The summed E-state index contributed by atoms with van der Waals surface area (Å²) in [6.07, 6.45) is 1.74. The number of hydrogen-bond donors (Lipinski definition) is 3. The van der Waals surface area contributed by atoms with E-state index in [2.05, 4.69) is 29.4 Å². The van der Waals surface area contributed by atoms with Gasteiger partial charge in [-0.15, -0.1) is 0 Å². The average molecular weight is 231 g/mol. The van der Waals surface area contributed by atoms with E-state index in [0.29, 0.717) is 5.75 Å². The highest BCUT2D eigenvalue weighted by molar-refractivity contribution is 5.29. The van der Waals surface area contributed by atoms with Crippen molar-refractivity contribution in [3.63, 3.8) is 0 Å². The van der Waals surface area contributed by atoms with E-state index in [0.717, 1.165) is 11.3 Å². The quantitative estimate of drug-likeness (QED) is 0.757. The average Bonchev–Trinajstić information content (AvgIpc) is 2.82. The Bertz CT molecular complexity index is 467. The summed E-state index contributed by atoms with van der Waals surface area (Å²) >= 11 is 0. The lowest BCUT2D eigenvalue weighted by atomic mass is 10.1. The molecular weight excluding hydrogens is 214 g/mol. The number of hydrogen-bond acceptors (Lipinski definition) is 3. The number of benzene rings is 1. The van der Waals surface area contributed by atoms with Gasteiger partial charge in [0.05, 0.1) is 5.69 Å². The second-order valence-corrected chi connectivity index (χ2v) is 4.22. The Hall–Kier alpha value is -1.81. The summed E-state index contributed by atoms with van der Waals surface area (Å²) in [7, 11) is 0. The van der Waals surface area contributed by atoms with E-state index in [1.165, 1.54) is 0 Å². The lowest BCUT2D eigenvalue weighted by molar-refractivity contribution is 0.464. The minimum absolute atomic E-state index is 0.167. The summed E-state index contributed by atoms with van der Waals surface area (Å²) in [6, 6.07) is 9.61. The molecule has 0 saturated carbocycles. The predicted molar refractivity (Wildman–Crippen MR) is 66.7 cm³/mol. The summed E-state index contributed by atoms with van der Waals surface area (Å²) in [5, 5.41) is 19.8. The molecule has 1 heterocycles. The first-order valence-corrected chi connectivity index (χ1v) is 5.71. The maximum Gasteiger partial charge on any atom is 0.115 e. The third kappa shape index (κ3) is 2.85. The molecule has 2 unspecified atom stereocenters. The van der Waals surface area contributed by atoms with Crippen LogP contribution in [0.5, 0.6) is 5.75 Å². The highest BCUT2D eigenvalue weighted by atomic mass is 16.3. The SMILES string of the molecule is CC(NC(C)c1ccn[nH]1)c1cccc(O)c1. The van der Waals surface area contributed by atoms with Crippen molar-refractivity contribution in [2.75, 3.05) is 0 Å². The van der Waals surface area contributed by atoms with Crippen molar-refractivity contribution in [1.82, 2.24) is 15.5 Å². The van der Waals surface area contributed by atoms with E-state index >= 15 is 0 Å². The van der Waals surface area contributed by atoms with Crippen LogP contribution in [0.1, 0.15) is 37.2 Å². The van der Waals surface area contributed by atoms with Gasteiger partial charge in [-0.3, -0.25) is 5.10 Å².